The number of rotatable bonds is 8. The highest BCUT2D eigenvalue weighted by Gasteiger charge is 2.16. The van der Waals surface area contributed by atoms with Crippen LogP contribution in [0.5, 0.6) is 23.0 Å². The first-order chi connectivity index (χ1) is 13.4. The summed E-state index contributed by atoms with van der Waals surface area (Å²) in [5, 5.41) is 3.73. The molecule has 0 aliphatic heterocycles. The molecule has 0 atom stereocenters. The number of methoxy groups -OCH3 is 3. The molecular weight excluding hydrogens is 398 g/mol. The predicted molar refractivity (Wildman–Crippen MR) is 99.2 cm³/mol. The zero-order chi connectivity index (χ0) is 20.7. The monoisotopic (exact) mass is 414 g/mol. The summed E-state index contributed by atoms with van der Waals surface area (Å²) in [6, 6.07) is 7.36. The minimum atomic E-state index is -3.05. The number of nitrogens with zero attached hydrogens (tertiary/aromatic N) is 1. The lowest BCUT2D eigenvalue weighted by Gasteiger charge is -2.12. The minimum Gasteiger partial charge on any atom is -0.493 e. The summed E-state index contributed by atoms with van der Waals surface area (Å²) in [6.45, 7) is -3.05. The van der Waals surface area contributed by atoms with Crippen LogP contribution in [0.4, 0.5) is 8.78 Å². The highest BCUT2D eigenvalue weighted by Crippen LogP contribution is 2.37. The Morgan fingerprint density at radius 3 is 2.36 bits per heavy atom. The van der Waals surface area contributed by atoms with E-state index in [0.29, 0.717) is 22.6 Å². The fourth-order valence-electron chi connectivity index (χ4n) is 2.23. The Bertz CT molecular complexity index is 877. The summed E-state index contributed by atoms with van der Waals surface area (Å²) in [5.74, 6) is 0.0970. The van der Waals surface area contributed by atoms with Crippen molar-refractivity contribution in [2.45, 2.75) is 6.61 Å². The number of carbonyl (C=O) groups excluding carboxylic acids is 1. The van der Waals surface area contributed by atoms with Gasteiger partial charge in [-0.2, -0.15) is 13.9 Å². The van der Waals surface area contributed by atoms with Crippen LogP contribution in [0.2, 0.25) is 5.02 Å². The van der Waals surface area contributed by atoms with E-state index in [0.717, 1.165) is 0 Å². The molecule has 0 saturated carbocycles. The van der Waals surface area contributed by atoms with Gasteiger partial charge in [0, 0.05) is 5.56 Å². The lowest BCUT2D eigenvalue weighted by molar-refractivity contribution is -0.0511. The number of halogens is 3. The number of ether oxygens (including phenoxy) is 4. The number of nitrogens with one attached hydrogen (secondary N) is 1. The van der Waals surface area contributed by atoms with E-state index in [-0.39, 0.29) is 16.5 Å². The summed E-state index contributed by atoms with van der Waals surface area (Å²) < 4.78 is 44.5. The number of hydrazone groups is 1. The van der Waals surface area contributed by atoms with Gasteiger partial charge in [-0.05, 0) is 35.9 Å². The van der Waals surface area contributed by atoms with Gasteiger partial charge in [-0.15, -0.1) is 0 Å². The van der Waals surface area contributed by atoms with Crippen molar-refractivity contribution in [3.63, 3.8) is 0 Å². The molecule has 0 aromatic heterocycles. The van der Waals surface area contributed by atoms with Gasteiger partial charge in [-0.3, -0.25) is 4.79 Å². The quantitative estimate of drug-likeness (QED) is 0.526. The molecule has 0 radical (unpaired) electrons. The van der Waals surface area contributed by atoms with Crippen molar-refractivity contribution >= 4 is 23.7 Å². The maximum Gasteiger partial charge on any atom is 0.387 e. The summed E-state index contributed by atoms with van der Waals surface area (Å²) in [5.41, 5.74) is 3.04. The van der Waals surface area contributed by atoms with E-state index in [1.807, 2.05) is 0 Å². The third kappa shape index (κ3) is 5.23. The third-order valence-corrected chi connectivity index (χ3v) is 3.76. The lowest BCUT2D eigenvalue weighted by Crippen LogP contribution is -2.17. The predicted octanol–water partition coefficient (Wildman–Crippen LogP) is 3.73. The Hall–Kier alpha value is -3.07. The summed E-state index contributed by atoms with van der Waals surface area (Å²) in [6.07, 6.45) is 1.28. The van der Waals surface area contributed by atoms with Crippen LogP contribution in [0.1, 0.15) is 15.9 Å². The van der Waals surface area contributed by atoms with Crippen LogP contribution in [0.15, 0.2) is 35.4 Å². The van der Waals surface area contributed by atoms with Crippen LogP contribution in [0.3, 0.4) is 0 Å². The molecule has 150 valence electrons. The average molecular weight is 415 g/mol. The molecule has 28 heavy (non-hydrogen) atoms. The second-order valence-corrected chi connectivity index (χ2v) is 5.59. The molecule has 10 heteroatoms. The van der Waals surface area contributed by atoms with E-state index in [4.69, 9.17) is 25.8 Å². The number of hydrogen-bond acceptors (Lipinski definition) is 6. The molecule has 0 aliphatic rings. The van der Waals surface area contributed by atoms with Crippen molar-refractivity contribution in [1.82, 2.24) is 5.43 Å². The molecule has 1 amide bonds. The van der Waals surface area contributed by atoms with Crippen LogP contribution in [0, 0.1) is 0 Å². The Kier molecular flexibility index (Phi) is 7.39. The number of hydrogen-bond donors (Lipinski definition) is 1. The first-order valence-corrected chi connectivity index (χ1v) is 8.15. The van der Waals surface area contributed by atoms with Crippen LogP contribution in [-0.2, 0) is 0 Å². The summed E-state index contributed by atoms with van der Waals surface area (Å²) in [7, 11) is 4.22. The highest BCUT2D eigenvalue weighted by atomic mass is 35.5. The molecular formula is C18H17ClF2N2O5. The molecule has 0 fully saturated rings. The third-order valence-electron chi connectivity index (χ3n) is 3.48. The van der Waals surface area contributed by atoms with E-state index < -0.39 is 12.5 Å². The van der Waals surface area contributed by atoms with E-state index in [9.17, 15) is 13.6 Å². The second kappa shape index (κ2) is 9.75. The average Bonchev–Trinajstić information content (AvgIpc) is 2.68. The first kappa shape index (κ1) is 21.2. The van der Waals surface area contributed by atoms with Gasteiger partial charge < -0.3 is 18.9 Å². The Balaban J connectivity index is 2.14. The van der Waals surface area contributed by atoms with Crippen molar-refractivity contribution < 1.29 is 32.5 Å². The standard InChI is InChI=1S/C18H17ClF2N2O5/c1-25-13-5-4-11(8-14(13)26-2)17(24)23-22-9-10-6-12(19)16(28-18(20)21)15(7-10)27-3/h4-9,18H,1-3H3,(H,23,24)/b22-9-. The molecule has 0 unspecified atom stereocenters. The summed E-state index contributed by atoms with van der Waals surface area (Å²) in [4.78, 5) is 12.2. The van der Waals surface area contributed by atoms with Gasteiger partial charge in [0.05, 0.1) is 32.6 Å². The number of carbonyl (C=O) groups is 1. The number of amides is 1. The Labute approximate surface area is 164 Å². The van der Waals surface area contributed by atoms with Crippen molar-refractivity contribution in [1.29, 1.82) is 0 Å². The smallest absolute Gasteiger partial charge is 0.387 e. The van der Waals surface area contributed by atoms with E-state index >= 15 is 0 Å². The Morgan fingerprint density at radius 1 is 1.07 bits per heavy atom. The normalized spacial score (nSPS) is 10.8. The SMILES string of the molecule is COc1ccc(C(=O)N/N=C\c2cc(Cl)c(OC(F)F)c(OC)c2)cc1OC. The lowest BCUT2D eigenvalue weighted by atomic mass is 10.2. The van der Waals surface area contributed by atoms with Gasteiger partial charge >= 0.3 is 6.61 Å². The highest BCUT2D eigenvalue weighted by molar-refractivity contribution is 6.32. The first-order valence-electron chi connectivity index (χ1n) is 7.77. The van der Waals surface area contributed by atoms with Crippen LogP contribution >= 0.6 is 11.6 Å². The zero-order valence-corrected chi connectivity index (χ0v) is 15.9. The van der Waals surface area contributed by atoms with Gasteiger partial charge in [0.1, 0.15) is 0 Å². The maximum atomic E-state index is 12.4. The zero-order valence-electron chi connectivity index (χ0n) is 15.2. The second-order valence-electron chi connectivity index (χ2n) is 5.18. The molecule has 2 aromatic rings. The van der Waals surface area contributed by atoms with Gasteiger partial charge in [-0.25, -0.2) is 5.43 Å². The minimum absolute atomic E-state index is 0.000433. The number of benzene rings is 2. The van der Waals surface area contributed by atoms with E-state index in [2.05, 4.69) is 15.3 Å². The number of alkyl halides is 2. The van der Waals surface area contributed by atoms with Crippen LogP contribution < -0.4 is 24.4 Å². The van der Waals surface area contributed by atoms with E-state index in [1.165, 1.54) is 45.7 Å². The van der Waals surface area contributed by atoms with Crippen molar-refractivity contribution in [3.05, 3.63) is 46.5 Å². The van der Waals surface area contributed by atoms with Gasteiger partial charge in [0.15, 0.2) is 23.0 Å². The molecule has 0 spiro atoms. The van der Waals surface area contributed by atoms with Gasteiger partial charge in [0.25, 0.3) is 5.91 Å². The molecule has 1 N–H and O–H groups in total. The molecule has 2 aromatic carbocycles. The Morgan fingerprint density at radius 2 is 1.75 bits per heavy atom. The van der Waals surface area contributed by atoms with Crippen molar-refractivity contribution in [3.8, 4) is 23.0 Å². The molecule has 0 heterocycles. The molecule has 0 bridgehead atoms. The van der Waals surface area contributed by atoms with Gasteiger partial charge in [0.2, 0.25) is 0 Å². The molecule has 0 aliphatic carbocycles. The van der Waals surface area contributed by atoms with E-state index in [1.54, 1.807) is 12.1 Å². The summed E-state index contributed by atoms with van der Waals surface area (Å²) >= 11 is 5.94. The molecule has 0 saturated heterocycles. The van der Waals surface area contributed by atoms with Gasteiger partial charge in [-0.1, -0.05) is 11.6 Å². The van der Waals surface area contributed by atoms with Crippen LogP contribution in [-0.4, -0.2) is 40.1 Å². The maximum absolute atomic E-state index is 12.4. The van der Waals surface area contributed by atoms with Crippen molar-refractivity contribution in [2.24, 2.45) is 5.10 Å². The fourth-order valence-corrected chi connectivity index (χ4v) is 2.49. The fraction of sp³-hybridized carbons (Fsp3) is 0.222. The molecule has 2 rings (SSSR count). The largest absolute Gasteiger partial charge is 0.493 e. The van der Waals surface area contributed by atoms with Crippen LogP contribution in [0.25, 0.3) is 0 Å². The van der Waals surface area contributed by atoms with Crippen molar-refractivity contribution in [2.75, 3.05) is 21.3 Å². The topological polar surface area (TPSA) is 78.4 Å². The molecule has 7 nitrogen and oxygen atoms in total.